The maximum atomic E-state index is 11.8. The molecule has 0 radical (unpaired) electrons. The summed E-state index contributed by atoms with van der Waals surface area (Å²) >= 11 is 0. The van der Waals surface area contributed by atoms with Crippen molar-refractivity contribution in [3.8, 4) is 5.88 Å². The van der Waals surface area contributed by atoms with Crippen LogP contribution < -0.4 is 10.1 Å². The molecule has 6 heteroatoms. The summed E-state index contributed by atoms with van der Waals surface area (Å²) in [7, 11) is 1.53. The number of esters is 1. The fraction of sp³-hybridized carbons (Fsp3) is 0.500. The monoisotopic (exact) mass is 278 g/mol. The van der Waals surface area contributed by atoms with Crippen LogP contribution in [-0.2, 0) is 19.9 Å². The zero-order chi connectivity index (χ0) is 14.6. The first-order valence-electron chi connectivity index (χ1n) is 6.58. The molecule has 1 amide bonds. The van der Waals surface area contributed by atoms with Crippen LogP contribution in [0.1, 0.15) is 31.7 Å². The van der Waals surface area contributed by atoms with Gasteiger partial charge in [0.15, 0.2) is 5.60 Å². The number of rotatable bonds is 5. The van der Waals surface area contributed by atoms with E-state index in [1.165, 1.54) is 7.11 Å². The molecular formula is C14H18N2O4. The summed E-state index contributed by atoms with van der Waals surface area (Å²) in [5, 5.41) is 2.71. The van der Waals surface area contributed by atoms with Gasteiger partial charge in [-0.15, -0.1) is 0 Å². The molecule has 6 nitrogen and oxygen atoms in total. The van der Waals surface area contributed by atoms with E-state index in [1.54, 1.807) is 18.3 Å². The summed E-state index contributed by atoms with van der Waals surface area (Å²) in [5.74, 6) is 0.0333. The van der Waals surface area contributed by atoms with E-state index in [2.05, 4.69) is 10.3 Å². The van der Waals surface area contributed by atoms with Crippen LogP contribution in [0.15, 0.2) is 18.3 Å². The number of aromatic nitrogens is 1. The lowest BCUT2D eigenvalue weighted by Gasteiger charge is -2.27. The summed E-state index contributed by atoms with van der Waals surface area (Å²) in [4.78, 5) is 27.5. The number of carbonyl (C=O) groups is 2. The van der Waals surface area contributed by atoms with Crippen molar-refractivity contribution in [1.29, 1.82) is 0 Å². The lowest BCUT2D eigenvalue weighted by molar-refractivity contribution is -0.159. The Labute approximate surface area is 117 Å². The van der Waals surface area contributed by atoms with E-state index in [-0.39, 0.29) is 24.8 Å². The molecule has 108 valence electrons. The van der Waals surface area contributed by atoms with Crippen LogP contribution in [0.4, 0.5) is 0 Å². The zero-order valence-electron chi connectivity index (χ0n) is 11.6. The number of hydrogen-bond acceptors (Lipinski definition) is 5. The van der Waals surface area contributed by atoms with Crippen LogP contribution in [0.5, 0.6) is 5.88 Å². The second-order valence-corrected chi connectivity index (χ2v) is 4.76. The lowest BCUT2D eigenvalue weighted by Crippen LogP contribution is -2.34. The molecule has 1 aromatic heterocycles. The highest BCUT2D eigenvalue weighted by Gasteiger charge is 2.44. The molecule has 0 spiro atoms. The fourth-order valence-corrected chi connectivity index (χ4v) is 2.20. The predicted molar refractivity (Wildman–Crippen MR) is 71.1 cm³/mol. The highest BCUT2D eigenvalue weighted by atomic mass is 16.6. The third kappa shape index (κ3) is 2.89. The topological polar surface area (TPSA) is 77.5 Å². The maximum Gasteiger partial charge on any atom is 0.306 e. The van der Waals surface area contributed by atoms with Gasteiger partial charge in [-0.25, -0.2) is 4.98 Å². The summed E-state index contributed by atoms with van der Waals surface area (Å²) < 4.78 is 10.6. The molecule has 0 saturated carbocycles. The fourth-order valence-electron chi connectivity index (χ4n) is 2.20. The van der Waals surface area contributed by atoms with E-state index in [1.807, 2.05) is 6.92 Å². The molecule has 1 unspecified atom stereocenters. The molecule has 1 saturated heterocycles. The van der Waals surface area contributed by atoms with Crippen molar-refractivity contribution in [3.63, 3.8) is 0 Å². The number of nitrogens with zero attached hydrogens (tertiary/aromatic N) is 1. The second kappa shape index (κ2) is 5.90. The third-order valence-electron chi connectivity index (χ3n) is 3.25. The van der Waals surface area contributed by atoms with E-state index < -0.39 is 5.60 Å². The van der Waals surface area contributed by atoms with E-state index >= 15 is 0 Å². The summed E-state index contributed by atoms with van der Waals surface area (Å²) in [5.41, 5.74) is -0.260. The first kappa shape index (κ1) is 14.3. The van der Waals surface area contributed by atoms with Gasteiger partial charge in [-0.2, -0.15) is 0 Å². The minimum atomic E-state index is -0.956. The zero-order valence-corrected chi connectivity index (χ0v) is 11.6. The number of hydrogen-bond donors (Lipinski definition) is 1. The second-order valence-electron chi connectivity index (χ2n) is 4.76. The highest BCUT2D eigenvalue weighted by Crippen LogP contribution is 2.33. The van der Waals surface area contributed by atoms with Gasteiger partial charge in [0, 0.05) is 24.2 Å². The molecule has 1 N–H and O–H groups in total. The number of pyridine rings is 1. The predicted octanol–water partition coefficient (Wildman–Crippen LogP) is 1.15. The molecular weight excluding hydrogens is 260 g/mol. The van der Waals surface area contributed by atoms with Crippen LogP contribution in [-0.4, -0.2) is 30.5 Å². The maximum absolute atomic E-state index is 11.8. The summed E-state index contributed by atoms with van der Waals surface area (Å²) in [6.07, 6.45) is 2.74. The van der Waals surface area contributed by atoms with Crippen molar-refractivity contribution in [2.45, 2.75) is 31.8 Å². The van der Waals surface area contributed by atoms with Crippen LogP contribution in [0.25, 0.3) is 0 Å². The highest BCUT2D eigenvalue weighted by molar-refractivity contribution is 5.81. The van der Waals surface area contributed by atoms with Crippen molar-refractivity contribution >= 4 is 11.9 Å². The number of amides is 1. The molecule has 1 aromatic rings. The number of methoxy groups -OCH3 is 1. The summed E-state index contributed by atoms with van der Waals surface area (Å²) in [6.45, 7) is 2.18. The molecule has 1 fully saturated rings. The Morgan fingerprint density at radius 3 is 2.80 bits per heavy atom. The number of ether oxygens (including phenoxy) is 2. The van der Waals surface area contributed by atoms with Gasteiger partial charge in [0.05, 0.1) is 20.1 Å². The van der Waals surface area contributed by atoms with E-state index in [0.29, 0.717) is 24.3 Å². The van der Waals surface area contributed by atoms with E-state index in [9.17, 15) is 9.59 Å². The Bertz CT molecular complexity index is 500. The minimum absolute atomic E-state index is 0.121. The van der Waals surface area contributed by atoms with Crippen molar-refractivity contribution in [3.05, 3.63) is 23.9 Å². The van der Waals surface area contributed by atoms with Gasteiger partial charge in [0.2, 0.25) is 11.8 Å². The van der Waals surface area contributed by atoms with Crippen molar-refractivity contribution in [1.82, 2.24) is 10.3 Å². The Morgan fingerprint density at radius 1 is 1.50 bits per heavy atom. The quantitative estimate of drug-likeness (QED) is 0.817. The van der Waals surface area contributed by atoms with Crippen molar-refractivity contribution in [2.24, 2.45) is 0 Å². The minimum Gasteiger partial charge on any atom is -0.481 e. The SMILES string of the molecule is CCCC(=O)OC1(c2ccc(OC)nc2)CNC(=O)C1. The van der Waals surface area contributed by atoms with Gasteiger partial charge in [-0.05, 0) is 12.5 Å². The molecule has 2 rings (SSSR count). The molecule has 0 aromatic carbocycles. The van der Waals surface area contributed by atoms with Crippen LogP contribution in [0.3, 0.4) is 0 Å². The van der Waals surface area contributed by atoms with Crippen molar-refractivity contribution < 1.29 is 19.1 Å². The van der Waals surface area contributed by atoms with Crippen LogP contribution in [0.2, 0.25) is 0 Å². The summed E-state index contributed by atoms with van der Waals surface area (Å²) in [6, 6.07) is 3.46. The Hall–Kier alpha value is -2.11. The van der Waals surface area contributed by atoms with Gasteiger partial charge in [-0.1, -0.05) is 6.92 Å². The Balaban J connectivity index is 2.26. The van der Waals surface area contributed by atoms with Gasteiger partial charge < -0.3 is 14.8 Å². The average Bonchev–Trinajstić information content (AvgIpc) is 2.81. The molecule has 20 heavy (non-hydrogen) atoms. The lowest BCUT2D eigenvalue weighted by atomic mass is 9.94. The van der Waals surface area contributed by atoms with Gasteiger partial charge in [-0.3, -0.25) is 9.59 Å². The van der Waals surface area contributed by atoms with Crippen LogP contribution in [0, 0.1) is 0 Å². The van der Waals surface area contributed by atoms with Crippen LogP contribution >= 0.6 is 0 Å². The Kier molecular flexibility index (Phi) is 4.22. The molecule has 1 atom stereocenters. The van der Waals surface area contributed by atoms with Gasteiger partial charge >= 0.3 is 5.97 Å². The molecule has 1 aliphatic rings. The molecule has 0 bridgehead atoms. The standard InChI is InChI=1S/C14H18N2O4/c1-3-4-13(18)20-14(7-11(17)16-9-14)10-5-6-12(19-2)15-8-10/h5-6,8H,3-4,7,9H2,1-2H3,(H,16,17). The van der Waals surface area contributed by atoms with E-state index in [4.69, 9.17) is 9.47 Å². The molecule has 0 aliphatic carbocycles. The number of nitrogens with one attached hydrogen (secondary N) is 1. The van der Waals surface area contributed by atoms with Crippen molar-refractivity contribution in [2.75, 3.05) is 13.7 Å². The van der Waals surface area contributed by atoms with Gasteiger partial charge in [0.25, 0.3) is 0 Å². The normalized spacial score (nSPS) is 21.4. The number of carbonyl (C=O) groups excluding carboxylic acids is 2. The largest absolute Gasteiger partial charge is 0.481 e. The molecule has 1 aliphatic heterocycles. The van der Waals surface area contributed by atoms with E-state index in [0.717, 1.165) is 0 Å². The third-order valence-corrected chi connectivity index (χ3v) is 3.25. The Morgan fingerprint density at radius 2 is 2.30 bits per heavy atom. The first-order valence-corrected chi connectivity index (χ1v) is 6.58. The van der Waals surface area contributed by atoms with Gasteiger partial charge in [0.1, 0.15) is 0 Å². The molecule has 2 heterocycles. The smallest absolute Gasteiger partial charge is 0.306 e. The first-order chi connectivity index (χ1) is 9.59. The average molecular weight is 278 g/mol.